The van der Waals surface area contributed by atoms with Gasteiger partial charge in [-0.15, -0.1) is 0 Å². The van der Waals surface area contributed by atoms with Crippen molar-refractivity contribution in [2.45, 2.75) is 38.6 Å². The first kappa shape index (κ1) is 10.8. The molecule has 0 fully saturated rings. The fraction of sp³-hybridized carbons (Fsp3) is 0.462. The predicted molar refractivity (Wildman–Crippen MR) is 60.1 cm³/mol. The van der Waals surface area contributed by atoms with Crippen LogP contribution in [0.1, 0.15) is 32.3 Å². The van der Waals surface area contributed by atoms with E-state index in [9.17, 15) is 0 Å². The average molecular weight is 187 g/mol. The van der Waals surface area contributed by atoms with Crippen molar-refractivity contribution in [3.05, 3.63) is 47.3 Å². The van der Waals surface area contributed by atoms with Gasteiger partial charge in [-0.25, -0.2) is 6.57 Å². The van der Waals surface area contributed by atoms with Crippen LogP contribution in [0.2, 0.25) is 0 Å². The standard InChI is InChI=1S/C13H17N/c1-4-13(2,14-3)11-10-12-8-6-5-7-9-12/h5-9H,4,10-11H2,1-2H3/t13-/m1/s1. The molecule has 0 aliphatic rings. The van der Waals surface area contributed by atoms with Gasteiger partial charge in [0.1, 0.15) is 0 Å². The van der Waals surface area contributed by atoms with Crippen molar-refractivity contribution in [3.63, 3.8) is 0 Å². The lowest BCUT2D eigenvalue weighted by molar-refractivity contribution is 0.491. The van der Waals surface area contributed by atoms with Crippen LogP contribution in [0.25, 0.3) is 4.85 Å². The van der Waals surface area contributed by atoms with E-state index in [1.807, 2.05) is 13.0 Å². The van der Waals surface area contributed by atoms with E-state index in [0.29, 0.717) is 0 Å². The van der Waals surface area contributed by atoms with Crippen molar-refractivity contribution < 1.29 is 0 Å². The normalized spacial score (nSPS) is 14.4. The molecule has 1 rings (SSSR count). The molecule has 0 radical (unpaired) electrons. The molecule has 1 aromatic carbocycles. The van der Waals surface area contributed by atoms with Crippen molar-refractivity contribution in [1.82, 2.24) is 0 Å². The molecule has 1 aromatic rings. The van der Waals surface area contributed by atoms with Crippen LogP contribution in [0.4, 0.5) is 0 Å². The zero-order valence-electron chi connectivity index (χ0n) is 8.96. The molecule has 1 heteroatoms. The molecule has 74 valence electrons. The highest BCUT2D eigenvalue weighted by atomic mass is 14.8. The lowest BCUT2D eigenvalue weighted by Gasteiger charge is -2.14. The SMILES string of the molecule is [C-]#[N+][C@](C)(CC)CCc1ccccc1. The van der Waals surface area contributed by atoms with Crippen LogP contribution in [0.15, 0.2) is 30.3 Å². The summed E-state index contributed by atoms with van der Waals surface area (Å²) in [6, 6.07) is 10.4. The summed E-state index contributed by atoms with van der Waals surface area (Å²) >= 11 is 0. The maximum Gasteiger partial charge on any atom is 0.230 e. The van der Waals surface area contributed by atoms with Crippen molar-refractivity contribution in [2.24, 2.45) is 0 Å². The van der Waals surface area contributed by atoms with Gasteiger partial charge in [0.05, 0.1) is 0 Å². The highest BCUT2D eigenvalue weighted by Crippen LogP contribution is 2.22. The molecule has 0 amide bonds. The summed E-state index contributed by atoms with van der Waals surface area (Å²) in [7, 11) is 0. The molecule has 0 N–H and O–H groups in total. The van der Waals surface area contributed by atoms with E-state index in [1.165, 1.54) is 5.56 Å². The van der Waals surface area contributed by atoms with Gasteiger partial charge in [-0.3, -0.25) is 0 Å². The van der Waals surface area contributed by atoms with Crippen LogP contribution in [0.3, 0.4) is 0 Å². The fourth-order valence-corrected chi connectivity index (χ4v) is 1.37. The number of benzene rings is 1. The van der Waals surface area contributed by atoms with Gasteiger partial charge in [-0.1, -0.05) is 37.3 Å². The minimum atomic E-state index is -0.171. The van der Waals surface area contributed by atoms with Crippen LogP contribution in [0, 0.1) is 6.57 Å². The Morgan fingerprint density at radius 3 is 2.43 bits per heavy atom. The zero-order chi connectivity index (χ0) is 10.4. The first-order valence-electron chi connectivity index (χ1n) is 5.13. The molecule has 0 aliphatic carbocycles. The van der Waals surface area contributed by atoms with Crippen molar-refractivity contribution >= 4 is 0 Å². The zero-order valence-corrected chi connectivity index (χ0v) is 8.96. The highest BCUT2D eigenvalue weighted by Gasteiger charge is 2.26. The molecular weight excluding hydrogens is 170 g/mol. The van der Waals surface area contributed by atoms with Crippen LogP contribution in [0.5, 0.6) is 0 Å². The van der Waals surface area contributed by atoms with E-state index in [1.54, 1.807) is 0 Å². The number of nitrogens with zero attached hydrogens (tertiary/aromatic N) is 1. The number of aryl methyl sites for hydroxylation is 1. The molecule has 1 nitrogen and oxygen atoms in total. The second-order valence-corrected chi connectivity index (χ2v) is 3.95. The molecule has 0 spiro atoms. The Morgan fingerprint density at radius 2 is 1.93 bits per heavy atom. The van der Waals surface area contributed by atoms with Crippen LogP contribution in [-0.2, 0) is 6.42 Å². The lowest BCUT2D eigenvalue weighted by Crippen LogP contribution is -2.19. The maximum atomic E-state index is 7.15. The van der Waals surface area contributed by atoms with Gasteiger partial charge in [-0.05, 0) is 12.0 Å². The molecule has 0 saturated heterocycles. The minimum Gasteiger partial charge on any atom is -0.311 e. The Kier molecular flexibility index (Phi) is 3.71. The fourth-order valence-electron chi connectivity index (χ4n) is 1.37. The maximum absolute atomic E-state index is 7.15. The average Bonchev–Trinajstić information content (AvgIpc) is 2.27. The first-order valence-corrected chi connectivity index (χ1v) is 5.13. The molecule has 0 bridgehead atoms. The number of hydrogen-bond donors (Lipinski definition) is 0. The van der Waals surface area contributed by atoms with Gasteiger partial charge < -0.3 is 4.85 Å². The molecule has 0 aliphatic heterocycles. The molecule has 0 saturated carbocycles. The lowest BCUT2D eigenvalue weighted by atomic mass is 9.92. The summed E-state index contributed by atoms with van der Waals surface area (Å²) in [6.07, 6.45) is 2.90. The Bertz CT molecular complexity index is 310. The molecule has 1 atom stereocenters. The summed E-state index contributed by atoms with van der Waals surface area (Å²) in [4.78, 5) is 3.70. The topological polar surface area (TPSA) is 4.36 Å². The van der Waals surface area contributed by atoms with E-state index in [2.05, 4.69) is 36.0 Å². The van der Waals surface area contributed by atoms with E-state index >= 15 is 0 Å². The summed E-state index contributed by atoms with van der Waals surface area (Å²) in [6.45, 7) is 11.3. The predicted octanol–water partition coefficient (Wildman–Crippen LogP) is 3.71. The summed E-state index contributed by atoms with van der Waals surface area (Å²) in [5.74, 6) is 0. The van der Waals surface area contributed by atoms with Crippen LogP contribution in [-0.4, -0.2) is 5.54 Å². The Morgan fingerprint density at radius 1 is 1.29 bits per heavy atom. The highest BCUT2D eigenvalue weighted by molar-refractivity contribution is 5.15. The van der Waals surface area contributed by atoms with E-state index < -0.39 is 0 Å². The van der Waals surface area contributed by atoms with Gasteiger partial charge in [0.25, 0.3) is 0 Å². The number of rotatable bonds is 4. The molecule has 14 heavy (non-hydrogen) atoms. The Hall–Kier alpha value is -1.29. The van der Waals surface area contributed by atoms with E-state index in [-0.39, 0.29) is 5.54 Å². The third-order valence-electron chi connectivity index (χ3n) is 2.83. The van der Waals surface area contributed by atoms with Gasteiger partial charge in [0, 0.05) is 19.8 Å². The monoisotopic (exact) mass is 187 g/mol. The van der Waals surface area contributed by atoms with Crippen molar-refractivity contribution in [3.8, 4) is 0 Å². The first-order chi connectivity index (χ1) is 6.70. The van der Waals surface area contributed by atoms with Gasteiger partial charge in [0.2, 0.25) is 5.54 Å². The molecule has 0 heterocycles. The molecule has 0 unspecified atom stereocenters. The van der Waals surface area contributed by atoms with Crippen molar-refractivity contribution in [2.75, 3.05) is 0 Å². The third kappa shape index (κ3) is 2.88. The smallest absolute Gasteiger partial charge is 0.230 e. The van der Waals surface area contributed by atoms with Gasteiger partial charge in [-0.2, -0.15) is 0 Å². The van der Waals surface area contributed by atoms with Crippen LogP contribution >= 0.6 is 0 Å². The Balaban J connectivity index is 2.53. The van der Waals surface area contributed by atoms with Gasteiger partial charge in [0.15, 0.2) is 0 Å². The summed E-state index contributed by atoms with van der Waals surface area (Å²) < 4.78 is 0. The Labute approximate surface area is 86.6 Å². The van der Waals surface area contributed by atoms with Gasteiger partial charge >= 0.3 is 0 Å². The largest absolute Gasteiger partial charge is 0.311 e. The number of hydrogen-bond acceptors (Lipinski definition) is 0. The molecule has 0 aromatic heterocycles. The van der Waals surface area contributed by atoms with Crippen molar-refractivity contribution in [1.29, 1.82) is 0 Å². The second-order valence-electron chi connectivity index (χ2n) is 3.95. The van der Waals surface area contributed by atoms with Crippen LogP contribution < -0.4 is 0 Å². The minimum absolute atomic E-state index is 0.171. The summed E-state index contributed by atoms with van der Waals surface area (Å²) in [5, 5.41) is 0. The summed E-state index contributed by atoms with van der Waals surface area (Å²) in [5.41, 5.74) is 1.16. The van der Waals surface area contributed by atoms with E-state index in [0.717, 1.165) is 19.3 Å². The third-order valence-corrected chi connectivity index (χ3v) is 2.83. The molecular formula is C13H17N. The second kappa shape index (κ2) is 4.81. The van der Waals surface area contributed by atoms with E-state index in [4.69, 9.17) is 6.57 Å². The quantitative estimate of drug-likeness (QED) is 0.633.